The summed E-state index contributed by atoms with van der Waals surface area (Å²) in [4.78, 5) is 0. The summed E-state index contributed by atoms with van der Waals surface area (Å²) in [5.41, 5.74) is 4.14. The fourth-order valence-electron chi connectivity index (χ4n) is 3.55. The van der Waals surface area contributed by atoms with Crippen LogP contribution in [0, 0.1) is 5.92 Å². The van der Waals surface area contributed by atoms with Gasteiger partial charge in [-0.1, -0.05) is 60.7 Å². The van der Waals surface area contributed by atoms with E-state index in [1.807, 2.05) is 0 Å². The molecule has 1 aliphatic rings. The predicted molar refractivity (Wildman–Crippen MR) is 91.4 cm³/mol. The minimum atomic E-state index is 0.760. The van der Waals surface area contributed by atoms with E-state index in [9.17, 15) is 0 Å². The van der Waals surface area contributed by atoms with E-state index in [-0.39, 0.29) is 0 Å². The van der Waals surface area contributed by atoms with Gasteiger partial charge in [-0.2, -0.15) is 0 Å². The van der Waals surface area contributed by atoms with E-state index in [2.05, 4.69) is 67.3 Å². The first kappa shape index (κ1) is 14.1. The van der Waals surface area contributed by atoms with Gasteiger partial charge in [0.15, 0.2) is 0 Å². The Balaban J connectivity index is 1.67. The number of hydrogen-bond donors (Lipinski definition) is 0. The zero-order valence-electron chi connectivity index (χ0n) is 12.7. The molecular weight excluding hydrogens is 252 g/mol. The van der Waals surface area contributed by atoms with Crippen LogP contribution in [0.3, 0.4) is 0 Å². The van der Waals surface area contributed by atoms with Crippen molar-refractivity contribution in [3.8, 4) is 11.1 Å². The van der Waals surface area contributed by atoms with E-state index in [1.165, 1.54) is 48.8 Å². The van der Waals surface area contributed by atoms with Crippen molar-refractivity contribution in [2.24, 2.45) is 5.92 Å². The molecule has 1 aliphatic carbocycles. The van der Waals surface area contributed by atoms with Crippen molar-refractivity contribution >= 4 is 0 Å². The van der Waals surface area contributed by atoms with Gasteiger partial charge in [0, 0.05) is 0 Å². The molecule has 0 saturated heterocycles. The molecule has 1 fully saturated rings. The maximum Gasteiger partial charge on any atom is -0.0162 e. The van der Waals surface area contributed by atoms with Crippen molar-refractivity contribution in [1.82, 2.24) is 0 Å². The summed E-state index contributed by atoms with van der Waals surface area (Å²) in [6.07, 6.45) is 8.67. The molecule has 21 heavy (non-hydrogen) atoms. The molecule has 1 saturated carbocycles. The lowest BCUT2D eigenvalue weighted by Crippen LogP contribution is -2.12. The SMILES string of the molecule is C=CCC1CCC(c2ccc(-c3ccccc3)cc2)CC1. The molecule has 108 valence electrons. The molecule has 2 aromatic rings. The van der Waals surface area contributed by atoms with Crippen LogP contribution in [0.1, 0.15) is 43.6 Å². The largest absolute Gasteiger partial charge is 0.103 e. The normalized spacial score (nSPS) is 21.9. The van der Waals surface area contributed by atoms with Crippen molar-refractivity contribution in [3.63, 3.8) is 0 Å². The summed E-state index contributed by atoms with van der Waals surface area (Å²) in [5, 5.41) is 0. The first-order valence-electron chi connectivity index (χ1n) is 8.13. The Hall–Kier alpha value is -1.82. The van der Waals surface area contributed by atoms with Crippen LogP contribution in [0.15, 0.2) is 67.3 Å². The molecule has 3 rings (SSSR count). The maximum atomic E-state index is 3.87. The van der Waals surface area contributed by atoms with E-state index in [0.29, 0.717) is 0 Å². The quantitative estimate of drug-likeness (QED) is 0.583. The summed E-state index contributed by atoms with van der Waals surface area (Å²) >= 11 is 0. The maximum absolute atomic E-state index is 3.87. The summed E-state index contributed by atoms with van der Waals surface area (Å²) in [6.45, 7) is 3.87. The van der Waals surface area contributed by atoms with E-state index in [0.717, 1.165) is 11.8 Å². The highest BCUT2D eigenvalue weighted by Crippen LogP contribution is 2.37. The van der Waals surface area contributed by atoms with Crippen molar-refractivity contribution in [2.75, 3.05) is 0 Å². The average Bonchev–Trinajstić information content (AvgIpc) is 2.57. The molecule has 0 atom stereocenters. The number of benzene rings is 2. The molecular formula is C21H24. The van der Waals surface area contributed by atoms with Crippen molar-refractivity contribution in [3.05, 3.63) is 72.8 Å². The third-order valence-corrected chi connectivity index (χ3v) is 4.84. The van der Waals surface area contributed by atoms with Gasteiger partial charge in [-0.15, -0.1) is 6.58 Å². The molecule has 0 radical (unpaired) electrons. The van der Waals surface area contributed by atoms with Crippen LogP contribution in [0.25, 0.3) is 11.1 Å². The lowest BCUT2D eigenvalue weighted by molar-refractivity contribution is 0.328. The monoisotopic (exact) mass is 276 g/mol. The first-order chi connectivity index (χ1) is 10.4. The smallest absolute Gasteiger partial charge is 0.0162 e. The second kappa shape index (κ2) is 6.76. The van der Waals surface area contributed by atoms with Crippen LogP contribution in [0.2, 0.25) is 0 Å². The van der Waals surface area contributed by atoms with Gasteiger partial charge in [0.05, 0.1) is 0 Å². The topological polar surface area (TPSA) is 0 Å². The minimum Gasteiger partial charge on any atom is -0.103 e. The minimum absolute atomic E-state index is 0.760. The van der Waals surface area contributed by atoms with Gasteiger partial charge in [0.2, 0.25) is 0 Å². The molecule has 0 unspecified atom stereocenters. The molecule has 0 N–H and O–H groups in total. The van der Waals surface area contributed by atoms with Gasteiger partial charge in [-0.25, -0.2) is 0 Å². The Labute approximate surface area is 128 Å². The second-order valence-electron chi connectivity index (χ2n) is 6.23. The summed E-state index contributed by atoms with van der Waals surface area (Å²) < 4.78 is 0. The highest BCUT2D eigenvalue weighted by atomic mass is 14.3. The molecule has 0 heteroatoms. The van der Waals surface area contributed by atoms with Gasteiger partial charge in [0.1, 0.15) is 0 Å². The molecule has 0 spiro atoms. The fourth-order valence-corrected chi connectivity index (χ4v) is 3.55. The number of rotatable bonds is 4. The lowest BCUT2D eigenvalue weighted by Gasteiger charge is -2.28. The summed E-state index contributed by atoms with van der Waals surface area (Å²) in [6, 6.07) is 19.8. The van der Waals surface area contributed by atoms with Gasteiger partial charge in [0.25, 0.3) is 0 Å². The van der Waals surface area contributed by atoms with Gasteiger partial charge in [-0.3, -0.25) is 0 Å². The molecule has 0 aliphatic heterocycles. The molecule has 0 nitrogen and oxygen atoms in total. The number of hydrogen-bond acceptors (Lipinski definition) is 0. The van der Waals surface area contributed by atoms with Crippen LogP contribution >= 0.6 is 0 Å². The fraction of sp³-hybridized carbons (Fsp3) is 0.333. The summed E-state index contributed by atoms with van der Waals surface area (Å²) in [5.74, 6) is 1.64. The Morgan fingerprint density at radius 3 is 2.05 bits per heavy atom. The van der Waals surface area contributed by atoms with Crippen LogP contribution in [0.5, 0.6) is 0 Å². The third-order valence-electron chi connectivity index (χ3n) is 4.84. The molecule has 2 aromatic carbocycles. The zero-order chi connectivity index (χ0) is 14.5. The highest BCUT2D eigenvalue weighted by Gasteiger charge is 2.21. The Kier molecular flexibility index (Phi) is 4.55. The average molecular weight is 276 g/mol. The third kappa shape index (κ3) is 3.44. The van der Waals surface area contributed by atoms with E-state index in [1.54, 1.807) is 0 Å². The molecule has 0 bridgehead atoms. The molecule has 0 aromatic heterocycles. The Morgan fingerprint density at radius 2 is 1.43 bits per heavy atom. The van der Waals surface area contributed by atoms with Crippen LogP contribution in [-0.2, 0) is 0 Å². The standard InChI is InChI=1S/C21H24/c1-2-6-17-9-11-19(12-10-17)21-15-13-20(14-16-21)18-7-4-3-5-8-18/h2-5,7-8,13-17,19H,1,6,9-12H2. The van der Waals surface area contributed by atoms with Gasteiger partial charge < -0.3 is 0 Å². The van der Waals surface area contributed by atoms with Crippen molar-refractivity contribution < 1.29 is 0 Å². The first-order valence-corrected chi connectivity index (χ1v) is 8.13. The van der Waals surface area contributed by atoms with Crippen LogP contribution in [-0.4, -0.2) is 0 Å². The molecule has 0 amide bonds. The van der Waals surface area contributed by atoms with Gasteiger partial charge >= 0.3 is 0 Å². The lowest BCUT2D eigenvalue weighted by atomic mass is 9.77. The summed E-state index contributed by atoms with van der Waals surface area (Å²) in [7, 11) is 0. The van der Waals surface area contributed by atoms with E-state index in [4.69, 9.17) is 0 Å². The van der Waals surface area contributed by atoms with Crippen molar-refractivity contribution in [2.45, 2.75) is 38.0 Å². The van der Waals surface area contributed by atoms with Crippen LogP contribution in [0.4, 0.5) is 0 Å². The Bertz CT molecular complexity index is 557. The number of allylic oxidation sites excluding steroid dienone is 1. The van der Waals surface area contributed by atoms with E-state index < -0.39 is 0 Å². The van der Waals surface area contributed by atoms with Crippen LogP contribution < -0.4 is 0 Å². The molecule has 0 heterocycles. The highest BCUT2D eigenvalue weighted by molar-refractivity contribution is 5.63. The zero-order valence-corrected chi connectivity index (χ0v) is 12.7. The van der Waals surface area contributed by atoms with Gasteiger partial charge in [-0.05, 0) is 60.6 Å². The van der Waals surface area contributed by atoms with Crippen molar-refractivity contribution in [1.29, 1.82) is 0 Å². The van der Waals surface area contributed by atoms with E-state index >= 15 is 0 Å². The Morgan fingerprint density at radius 1 is 0.810 bits per heavy atom. The second-order valence-corrected chi connectivity index (χ2v) is 6.23. The predicted octanol–water partition coefficient (Wildman–Crippen LogP) is 6.20.